The molecule has 1 aromatic heterocycles. The highest BCUT2D eigenvalue weighted by Crippen LogP contribution is 2.27. The highest BCUT2D eigenvalue weighted by Gasteiger charge is 2.05. The predicted octanol–water partition coefficient (Wildman–Crippen LogP) is 3.48. The molecule has 3 N–H and O–H groups in total. The van der Waals surface area contributed by atoms with E-state index in [0.717, 1.165) is 15.7 Å². The fourth-order valence-corrected chi connectivity index (χ4v) is 1.74. The van der Waals surface area contributed by atoms with Crippen LogP contribution in [0.3, 0.4) is 0 Å². The van der Waals surface area contributed by atoms with Gasteiger partial charge in [0.2, 0.25) is 0 Å². The lowest BCUT2D eigenvalue weighted by Gasteiger charge is -2.10. The summed E-state index contributed by atoms with van der Waals surface area (Å²) in [7, 11) is 0. The molecule has 0 aliphatic rings. The first kappa shape index (κ1) is 11.0. The second kappa shape index (κ2) is 4.53. The molecule has 2 rings (SSSR count). The number of anilines is 3. The van der Waals surface area contributed by atoms with Gasteiger partial charge in [-0.2, -0.15) is 0 Å². The van der Waals surface area contributed by atoms with Gasteiger partial charge in [0.1, 0.15) is 0 Å². The molecule has 0 unspecified atom stereocenters. The van der Waals surface area contributed by atoms with Crippen molar-refractivity contribution in [2.45, 2.75) is 6.92 Å². The van der Waals surface area contributed by atoms with Crippen molar-refractivity contribution in [1.29, 1.82) is 0 Å². The maximum atomic E-state index is 5.94. The van der Waals surface area contributed by atoms with Gasteiger partial charge in [0, 0.05) is 10.7 Å². The van der Waals surface area contributed by atoms with E-state index in [4.69, 9.17) is 5.73 Å². The van der Waals surface area contributed by atoms with Crippen LogP contribution in [0, 0.1) is 6.92 Å². The molecule has 0 spiro atoms. The summed E-state index contributed by atoms with van der Waals surface area (Å²) in [6, 6.07) is 9.74. The Labute approximate surface area is 103 Å². The van der Waals surface area contributed by atoms with E-state index in [0.29, 0.717) is 11.5 Å². The fourth-order valence-electron chi connectivity index (χ4n) is 1.36. The summed E-state index contributed by atoms with van der Waals surface area (Å²) in [6.07, 6.45) is 1.74. The van der Waals surface area contributed by atoms with Crippen molar-refractivity contribution in [1.82, 2.24) is 4.98 Å². The molecule has 0 amide bonds. The number of benzene rings is 1. The van der Waals surface area contributed by atoms with Crippen LogP contribution in [0.2, 0.25) is 0 Å². The SMILES string of the molecule is Cc1ccnc(Nc2ccccc2Br)c1N. The Morgan fingerprint density at radius 3 is 2.75 bits per heavy atom. The molecule has 0 aliphatic heterocycles. The lowest BCUT2D eigenvalue weighted by atomic mass is 10.2. The molecule has 1 heterocycles. The number of para-hydroxylation sites is 1. The Kier molecular flexibility index (Phi) is 3.10. The van der Waals surface area contributed by atoms with Gasteiger partial charge in [0.05, 0.1) is 11.4 Å². The molecule has 16 heavy (non-hydrogen) atoms. The van der Waals surface area contributed by atoms with Gasteiger partial charge in [0.15, 0.2) is 5.82 Å². The zero-order chi connectivity index (χ0) is 11.5. The van der Waals surface area contributed by atoms with Gasteiger partial charge in [-0.3, -0.25) is 0 Å². The van der Waals surface area contributed by atoms with Gasteiger partial charge >= 0.3 is 0 Å². The van der Waals surface area contributed by atoms with Gasteiger partial charge in [0.25, 0.3) is 0 Å². The second-order valence-electron chi connectivity index (χ2n) is 3.49. The van der Waals surface area contributed by atoms with Crippen molar-refractivity contribution in [3.63, 3.8) is 0 Å². The van der Waals surface area contributed by atoms with Crippen LogP contribution in [0.15, 0.2) is 41.0 Å². The molecule has 0 bridgehead atoms. The van der Waals surface area contributed by atoms with Crippen LogP contribution in [0.5, 0.6) is 0 Å². The summed E-state index contributed by atoms with van der Waals surface area (Å²) in [4.78, 5) is 4.22. The topological polar surface area (TPSA) is 50.9 Å². The average Bonchev–Trinajstić information content (AvgIpc) is 2.28. The molecule has 82 valence electrons. The summed E-state index contributed by atoms with van der Waals surface area (Å²) in [5.41, 5.74) is 8.59. The Morgan fingerprint density at radius 2 is 2.00 bits per heavy atom. The quantitative estimate of drug-likeness (QED) is 0.884. The van der Waals surface area contributed by atoms with Gasteiger partial charge < -0.3 is 11.1 Å². The van der Waals surface area contributed by atoms with E-state index in [-0.39, 0.29) is 0 Å². The number of hydrogen-bond acceptors (Lipinski definition) is 3. The number of nitrogens with two attached hydrogens (primary N) is 1. The lowest BCUT2D eigenvalue weighted by Crippen LogP contribution is -2.01. The van der Waals surface area contributed by atoms with Gasteiger partial charge in [-0.25, -0.2) is 4.98 Å². The summed E-state index contributed by atoms with van der Waals surface area (Å²) in [5, 5.41) is 3.20. The van der Waals surface area contributed by atoms with Crippen molar-refractivity contribution in [3.8, 4) is 0 Å². The smallest absolute Gasteiger partial charge is 0.153 e. The molecule has 2 aromatic rings. The number of nitrogens with one attached hydrogen (secondary N) is 1. The molecule has 0 atom stereocenters. The molecule has 0 aliphatic carbocycles. The molecule has 0 saturated heterocycles. The number of nitrogen functional groups attached to an aromatic ring is 1. The van der Waals surface area contributed by atoms with Crippen molar-refractivity contribution < 1.29 is 0 Å². The van der Waals surface area contributed by atoms with Crippen LogP contribution >= 0.6 is 15.9 Å². The first-order chi connectivity index (χ1) is 7.68. The van der Waals surface area contributed by atoms with Crippen molar-refractivity contribution in [2.75, 3.05) is 11.1 Å². The number of nitrogens with zero attached hydrogens (tertiary/aromatic N) is 1. The number of pyridine rings is 1. The summed E-state index contributed by atoms with van der Waals surface area (Å²) < 4.78 is 0.984. The van der Waals surface area contributed by atoms with Gasteiger partial charge in [-0.1, -0.05) is 12.1 Å². The average molecular weight is 278 g/mol. The number of halogens is 1. The third-order valence-corrected chi connectivity index (χ3v) is 3.03. The monoisotopic (exact) mass is 277 g/mol. The Balaban J connectivity index is 2.35. The highest BCUT2D eigenvalue weighted by atomic mass is 79.9. The lowest BCUT2D eigenvalue weighted by molar-refractivity contribution is 1.28. The number of rotatable bonds is 2. The van der Waals surface area contributed by atoms with Crippen LogP contribution in [0.1, 0.15) is 5.56 Å². The number of hydrogen-bond donors (Lipinski definition) is 2. The van der Waals surface area contributed by atoms with E-state index in [1.165, 1.54) is 0 Å². The minimum atomic E-state index is 0.679. The standard InChI is InChI=1S/C12H12BrN3/c1-8-6-7-15-12(11(8)14)16-10-5-3-2-4-9(10)13/h2-7H,14H2,1H3,(H,15,16). The van der Waals surface area contributed by atoms with E-state index in [9.17, 15) is 0 Å². The maximum Gasteiger partial charge on any atom is 0.153 e. The van der Waals surface area contributed by atoms with Crippen LogP contribution in [0.25, 0.3) is 0 Å². The molecule has 0 radical (unpaired) electrons. The molecular weight excluding hydrogens is 266 g/mol. The van der Waals surface area contributed by atoms with E-state index < -0.39 is 0 Å². The molecular formula is C12H12BrN3. The van der Waals surface area contributed by atoms with Crippen LogP contribution in [-0.4, -0.2) is 4.98 Å². The molecule has 3 nitrogen and oxygen atoms in total. The normalized spacial score (nSPS) is 10.1. The maximum absolute atomic E-state index is 5.94. The fraction of sp³-hybridized carbons (Fsp3) is 0.0833. The largest absolute Gasteiger partial charge is 0.396 e. The summed E-state index contributed by atoms with van der Waals surface area (Å²) in [6.45, 7) is 1.96. The molecule has 0 saturated carbocycles. The van der Waals surface area contributed by atoms with Crippen LogP contribution in [-0.2, 0) is 0 Å². The third kappa shape index (κ3) is 2.17. The molecule has 1 aromatic carbocycles. The van der Waals surface area contributed by atoms with E-state index >= 15 is 0 Å². The second-order valence-corrected chi connectivity index (χ2v) is 4.35. The van der Waals surface area contributed by atoms with Crippen molar-refractivity contribution in [3.05, 3.63) is 46.6 Å². The minimum Gasteiger partial charge on any atom is -0.396 e. The first-order valence-electron chi connectivity index (χ1n) is 4.91. The van der Waals surface area contributed by atoms with E-state index in [2.05, 4.69) is 26.2 Å². The molecule has 0 fully saturated rings. The highest BCUT2D eigenvalue weighted by molar-refractivity contribution is 9.10. The van der Waals surface area contributed by atoms with Crippen molar-refractivity contribution >= 4 is 33.1 Å². The van der Waals surface area contributed by atoms with Crippen LogP contribution < -0.4 is 11.1 Å². The Morgan fingerprint density at radius 1 is 1.25 bits per heavy atom. The zero-order valence-electron chi connectivity index (χ0n) is 8.87. The Hall–Kier alpha value is -1.55. The van der Waals surface area contributed by atoms with Gasteiger partial charge in [-0.15, -0.1) is 0 Å². The summed E-state index contributed by atoms with van der Waals surface area (Å²) >= 11 is 3.47. The minimum absolute atomic E-state index is 0.679. The van der Waals surface area contributed by atoms with Crippen LogP contribution in [0.4, 0.5) is 17.2 Å². The van der Waals surface area contributed by atoms with E-state index in [1.807, 2.05) is 37.3 Å². The zero-order valence-corrected chi connectivity index (χ0v) is 10.5. The Bertz CT molecular complexity index is 511. The predicted molar refractivity (Wildman–Crippen MR) is 70.8 cm³/mol. The third-order valence-electron chi connectivity index (χ3n) is 2.34. The van der Waals surface area contributed by atoms with Gasteiger partial charge in [-0.05, 0) is 46.6 Å². The number of aryl methyl sites for hydroxylation is 1. The van der Waals surface area contributed by atoms with E-state index in [1.54, 1.807) is 6.20 Å². The number of aromatic nitrogens is 1. The summed E-state index contributed by atoms with van der Waals surface area (Å²) in [5.74, 6) is 0.687. The first-order valence-corrected chi connectivity index (χ1v) is 5.70. The molecule has 4 heteroatoms. The van der Waals surface area contributed by atoms with Crippen molar-refractivity contribution in [2.24, 2.45) is 0 Å².